The molecular formula is C20H23N5O3. The summed E-state index contributed by atoms with van der Waals surface area (Å²) in [7, 11) is 0. The summed E-state index contributed by atoms with van der Waals surface area (Å²) in [5, 5.41) is 4.59. The van der Waals surface area contributed by atoms with Gasteiger partial charge in [0.1, 0.15) is 11.4 Å². The summed E-state index contributed by atoms with van der Waals surface area (Å²) in [6, 6.07) is 5.95. The van der Waals surface area contributed by atoms with E-state index in [1.165, 1.54) is 0 Å². The maximum absolute atomic E-state index is 6.04. The van der Waals surface area contributed by atoms with E-state index in [9.17, 15) is 0 Å². The summed E-state index contributed by atoms with van der Waals surface area (Å²) in [4.78, 5) is 12.2. The predicted octanol–water partition coefficient (Wildman–Crippen LogP) is 2.86. The van der Waals surface area contributed by atoms with Crippen molar-refractivity contribution in [3.05, 3.63) is 29.5 Å². The number of benzene rings is 1. The van der Waals surface area contributed by atoms with Gasteiger partial charge in [-0.2, -0.15) is 0 Å². The van der Waals surface area contributed by atoms with Crippen molar-refractivity contribution in [1.29, 1.82) is 0 Å². The lowest BCUT2D eigenvalue weighted by molar-refractivity contribution is -0.0100. The number of fused-ring (bicyclic) bond motifs is 2. The molecule has 1 saturated heterocycles. The molecule has 2 aromatic heterocycles. The van der Waals surface area contributed by atoms with Gasteiger partial charge in [0, 0.05) is 17.7 Å². The first-order valence-corrected chi connectivity index (χ1v) is 9.49. The molecule has 2 aliphatic heterocycles. The first kappa shape index (κ1) is 17.4. The highest BCUT2D eigenvalue weighted by Crippen LogP contribution is 2.40. The fraction of sp³-hybridized carbons (Fsp3) is 0.450. The van der Waals surface area contributed by atoms with E-state index in [0.29, 0.717) is 37.0 Å². The van der Waals surface area contributed by atoms with Crippen LogP contribution in [0.15, 0.2) is 22.7 Å². The average molecular weight is 381 g/mol. The molecule has 1 fully saturated rings. The lowest BCUT2D eigenvalue weighted by atomic mass is 10.0. The van der Waals surface area contributed by atoms with Crippen molar-refractivity contribution >= 4 is 22.6 Å². The number of ether oxygens (including phenoxy) is 2. The zero-order valence-electron chi connectivity index (χ0n) is 16.2. The minimum Gasteiger partial charge on any atom is -0.380 e. The van der Waals surface area contributed by atoms with E-state index >= 15 is 0 Å². The molecule has 2 N–H and O–H groups in total. The van der Waals surface area contributed by atoms with E-state index in [1.54, 1.807) is 0 Å². The summed E-state index contributed by atoms with van der Waals surface area (Å²) in [5.41, 5.74) is 8.99. The Bertz CT molecular complexity index is 1060. The van der Waals surface area contributed by atoms with Crippen LogP contribution in [0.5, 0.6) is 0 Å². The largest absolute Gasteiger partial charge is 0.380 e. The van der Waals surface area contributed by atoms with Crippen LogP contribution in [0.1, 0.15) is 32.0 Å². The first-order chi connectivity index (χ1) is 13.4. The standard InChI is InChI=1S/C20H23N5O3/c1-11-9-26-7-6-25(11)19-14-10-27-20(2,3)16(14)22-18(23-19)12-4-5-15-13(8-12)17(21)24-28-15/h4-5,8,11H,6-7,9-10H2,1-3H3,(H2,21,24). The van der Waals surface area contributed by atoms with Gasteiger partial charge in [0.2, 0.25) is 0 Å². The second-order valence-corrected chi connectivity index (χ2v) is 7.89. The van der Waals surface area contributed by atoms with Gasteiger partial charge in [-0.05, 0) is 39.0 Å². The van der Waals surface area contributed by atoms with Crippen LogP contribution in [0.2, 0.25) is 0 Å². The third-order valence-electron chi connectivity index (χ3n) is 5.53. The minimum atomic E-state index is -0.461. The molecule has 2 aliphatic rings. The van der Waals surface area contributed by atoms with Gasteiger partial charge in [-0.3, -0.25) is 0 Å². The zero-order chi connectivity index (χ0) is 19.5. The molecule has 0 bridgehead atoms. The van der Waals surface area contributed by atoms with Crippen LogP contribution in [-0.4, -0.2) is 40.9 Å². The number of aromatic nitrogens is 3. The summed E-state index contributed by atoms with van der Waals surface area (Å²) in [5.74, 6) is 1.94. The van der Waals surface area contributed by atoms with Crippen molar-refractivity contribution in [1.82, 2.24) is 15.1 Å². The summed E-state index contributed by atoms with van der Waals surface area (Å²) < 4.78 is 16.9. The Hall–Kier alpha value is -2.71. The van der Waals surface area contributed by atoms with Gasteiger partial charge < -0.3 is 24.6 Å². The molecule has 4 heterocycles. The number of hydrogen-bond donors (Lipinski definition) is 1. The molecule has 1 aromatic carbocycles. The normalized spacial score (nSPS) is 21.2. The second kappa shape index (κ2) is 6.15. The SMILES string of the molecule is CC1COCCN1c1nc(-c2ccc3onc(N)c3c2)nc2c1COC2(C)C. The summed E-state index contributed by atoms with van der Waals surface area (Å²) >= 11 is 0. The Labute approximate surface area is 162 Å². The highest BCUT2D eigenvalue weighted by atomic mass is 16.5. The molecule has 0 radical (unpaired) electrons. The van der Waals surface area contributed by atoms with Gasteiger partial charge in [0.05, 0.1) is 36.9 Å². The predicted molar refractivity (Wildman–Crippen MR) is 105 cm³/mol. The third kappa shape index (κ3) is 2.63. The molecule has 0 amide bonds. The van der Waals surface area contributed by atoms with Crippen LogP contribution in [0.4, 0.5) is 11.6 Å². The molecule has 8 heteroatoms. The molecule has 3 aromatic rings. The fourth-order valence-corrected chi connectivity index (χ4v) is 3.93. The molecule has 0 aliphatic carbocycles. The number of morpholine rings is 1. The Morgan fingerprint density at radius 2 is 2.11 bits per heavy atom. The van der Waals surface area contributed by atoms with Crippen molar-refractivity contribution in [2.75, 3.05) is 30.4 Å². The Morgan fingerprint density at radius 3 is 2.93 bits per heavy atom. The molecule has 5 rings (SSSR count). The van der Waals surface area contributed by atoms with Gasteiger partial charge in [0.15, 0.2) is 17.2 Å². The van der Waals surface area contributed by atoms with E-state index in [-0.39, 0.29) is 6.04 Å². The monoisotopic (exact) mass is 381 g/mol. The molecule has 8 nitrogen and oxygen atoms in total. The van der Waals surface area contributed by atoms with Gasteiger partial charge in [-0.1, -0.05) is 5.16 Å². The number of nitrogen functional groups attached to an aromatic ring is 1. The van der Waals surface area contributed by atoms with Crippen LogP contribution in [0.25, 0.3) is 22.4 Å². The highest BCUT2D eigenvalue weighted by molar-refractivity contribution is 5.90. The number of rotatable bonds is 2. The Kier molecular flexibility index (Phi) is 3.82. The zero-order valence-corrected chi connectivity index (χ0v) is 16.2. The van der Waals surface area contributed by atoms with Crippen molar-refractivity contribution in [2.45, 2.75) is 39.0 Å². The summed E-state index contributed by atoms with van der Waals surface area (Å²) in [6.45, 7) is 8.92. The lowest BCUT2D eigenvalue weighted by Crippen LogP contribution is -2.44. The second-order valence-electron chi connectivity index (χ2n) is 7.89. The molecule has 146 valence electrons. The Balaban J connectivity index is 1.69. The molecule has 1 atom stereocenters. The van der Waals surface area contributed by atoms with Crippen LogP contribution < -0.4 is 10.6 Å². The smallest absolute Gasteiger partial charge is 0.174 e. The molecule has 0 saturated carbocycles. The van der Waals surface area contributed by atoms with Crippen molar-refractivity contribution < 1.29 is 14.0 Å². The van der Waals surface area contributed by atoms with Crippen molar-refractivity contribution in [3.63, 3.8) is 0 Å². The quantitative estimate of drug-likeness (QED) is 0.723. The molecular weight excluding hydrogens is 358 g/mol. The number of anilines is 2. The van der Waals surface area contributed by atoms with E-state index in [4.69, 9.17) is 29.7 Å². The topological polar surface area (TPSA) is 99.5 Å². The highest BCUT2D eigenvalue weighted by Gasteiger charge is 2.38. The minimum absolute atomic E-state index is 0.237. The summed E-state index contributed by atoms with van der Waals surface area (Å²) in [6.07, 6.45) is 0. The molecule has 28 heavy (non-hydrogen) atoms. The van der Waals surface area contributed by atoms with Crippen LogP contribution >= 0.6 is 0 Å². The van der Waals surface area contributed by atoms with Gasteiger partial charge in [0.25, 0.3) is 0 Å². The average Bonchev–Trinajstić information content (AvgIpc) is 3.21. The van der Waals surface area contributed by atoms with E-state index < -0.39 is 5.60 Å². The Morgan fingerprint density at radius 1 is 1.25 bits per heavy atom. The van der Waals surface area contributed by atoms with Crippen LogP contribution in [0.3, 0.4) is 0 Å². The lowest BCUT2D eigenvalue weighted by Gasteiger charge is -2.35. The van der Waals surface area contributed by atoms with Crippen LogP contribution in [0, 0.1) is 0 Å². The number of hydrogen-bond acceptors (Lipinski definition) is 8. The number of nitrogens with zero attached hydrogens (tertiary/aromatic N) is 4. The van der Waals surface area contributed by atoms with Crippen LogP contribution in [-0.2, 0) is 21.7 Å². The van der Waals surface area contributed by atoms with E-state index in [0.717, 1.165) is 34.6 Å². The van der Waals surface area contributed by atoms with E-state index in [2.05, 4.69) is 17.0 Å². The van der Waals surface area contributed by atoms with Gasteiger partial charge in [-0.25, -0.2) is 9.97 Å². The van der Waals surface area contributed by atoms with E-state index in [1.807, 2.05) is 32.0 Å². The molecule has 1 unspecified atom stereocenters. The van der Waals surface area contributed by atoms with Gasteiger partial charge in [-0.15, -0.1) is 0 Å². The third-order valence-corrected chi connectivity index (χ3v) is 5.53. The van der Waals surface area contributed by atoms with Crippen molar-refractivity contribution in [2.24, 2.45) is 0 Å². The van der Waals surface area contributed by atoms with Crippen molar-refractivity contribution in [3.8, 4) is 11.4 Å². The number of nitrogens with two attached hydrogens (primary N) is 1. The molecule has 0 spiro atoms. The maximum Gasteiger partial charge on any atom is 0.174 e. The first-order valence-electron chi connectivity index (χ1n) is 9.49. The fourth-order valence-electron chi connectivity index (χ4n) is 3.93. The van der Waals surface area contributed by atoms with Gasteiger partial charge >= 0.3 is 0 Å². The maximum atomic E-state index is 6.04.